The second-order valence-electron chi connectivity index (χ2n) is 4.16. The molecule has 2 rings (SSSR count). The molecule has 0 unspecified atom stereocenters. The number of carboxylic acid groups (broad SMARTS) is 1. The van der Waals surface area contributed by atoms with Crippen LogP contribution in [0.2, 0.25) is 0 Å². The summed E-state index contributed by atoms with van der Waals surface area (Å²) in [5.41, 5.74) is 0.974. The number of aromatic nitrogens is 1. The third kappa shape index (κ3) is 3.42. The molecule has 0 atom stereocenters. The first kappa shape index (κ1) is 13.3. The molecule has 0 aromatic carbocycles. The number of thiazole rings is 1. The highest BCUT2D eigenvalue weighted by atomic mass is 32.2. The summed E-state index contributed by atoms with van der Waals surface area (Å²) in [6.45, 7) is 0. The lowest BCUT2D eigenvalue weighted by atomic mass is 10.0. The first-order valence-electron chi connectivity index (χ1n) is 5.67. The van der Waals surface area contributed by atoms with Crippen LogP contribution in [-0.4, -0.2) is 30.2 Å². The summed E-state index contributed by atoms with van der Waals surface area (Å²) >= 11 is 1.35. The van der Waals surface area contributed by atoms with Crippen molar-refractivity contribution in [3.8, 4) is 0 Å². The Hall–Kier alpha value is -1.15. The second kappa shape index (κ2) is 5.23. The molecule has 1 aliphatic carbocycles. The number of rotatable bonds is 5. The molecule has 6 nitrogen and oxygen atoms in total. The summed E-state index contributed by atoms with van der Waals surface area (Å²) in [5.74, 6) is -1.55. The van der Waals surface area contributed by atoms with E-state index >= 15 is 0 Å². The minimum absolute atomic E-state index is 0.354. The number of fused-ring (bicyclic) bond motifs is 1. The Morgan fingerprint density at radius 2 is 2.11 bits per heavy atom. The smallest absolute Gasteiger partial charge is 0.304 e. The molecular weight excluding hydrogens is 276 g/mol. The highest BCUT2D eigenvalue weighted by Crippen LogP contribution is 2.29. The van der Waals surface area contributed by atoms with Gasteiger partial charge in [0.25, 0.3) is 0 Å². The largest absolute Gasteiger partial charge is 0.481 e. The Morgan fingerprint density at radius 1 is 1.39 bits per heavy atom. The summed E-state index contributed by atoms with van der Waals surface area (Å²) in [6.07, 6.45) is 3.63. The summed E-state index contributed by atoms with van der Waals surface area (Å²) in [7, 11) is -3.61. The minimum atomic E-state index is -3.61. The van der Waals surface area contributed by atoms with E-state index in [2.05, 4.69) is 9.71 Å². The number of anilines is 1. The SMILES string of the molecule is O=C(O)CCS(=O)(=O)Nc1nc2c(s1)CCCC2. The molecule has 0 fully saturated rings. The van der Waals surface area contributed by atoms with Crippen molar-refractivity contribution in [3.05, 3.63) is 10.6 Å². The van der Waals surface area contributed by atoms with Gasteiger partial charge in [0, 0.05) is 4.88 Å². The number of aliphatic carboxylic acids is 1. The van der Waals surface area contributed by atoms with Crippen molar-refractivity contribution >= 4 is 32.5 Å². The zero-order valence-electron chi connectivity index (χ0n) is 9.68. The molecule has 1 aromatic rings. The van der Waals surface area contributed by atoms with Gasteiger partial charge < -0.3 is 5.11 Å². The molecule has 100 valence electrons. The Morgan fingerprint density at radius 3 is 2.78 bits per heavy atom. The van der Waals surface area contributed by atoms with Gasteiger partial charge in [0.15, 0.2) is 5.13 Å². The Bertz CT molecular complexity index is 527. The number of nitrogens with one attached hydrogen (secondary N) is 1. The molecule has 1 aliphatic rings. The maximum atomic E-state index is 11.6. The molecule has 2 N–H and O–H groups in total. The Labute approximate surface area is 109 Å². The minimum Gasteiger partial charge on any atom is -0.481 e. The number of nitrogens with zero attached hydrogens (tertiary/aromatic N) is 1. The number of hydrogen-bond acceptors (Lipinski definition) is 5. The zero-order valence-corrected chi connectivity index (χ0v) is 11.3. The summed E-state index contributed by atoms with van der Waals surface area (Å²) in [6, 6.07) is 0. The van der Waals surface area contributed by atoms with E-state index in [-0.39, 0.29) is 0 Å². The van der Waals surface area contributed by atoms with E-state index in [1.165, 1.54) is 11.3 Å². The number of hydrogen-bond donors (Lipinski definition) is 2. The molecule has 0 amide bonds. The van der Waals surface area contributed by atoms with Crippen molar-refractivity contribution in [2.75, 3.05) is 10.5 Å². The van der Waals surface area contributed by atoms with Gasteiger partial charge in [-0.05, 0) is 25.7 Å². The predicted octanol–water partition coefficient (Wildman–Crippen LogP) is 1.24. The van der Waals surface area contributed by atoms with E-state index in [0.29, 0.717) is 5.13 Å². The first-order chi connectivity index (χ1) is 8.46. The lowest BCUT2D eigenvalue weighted by Crippen LogP contribution is -2.18. The molecule has 18 heavy (non-hydrogen) atoms. The van der Waals surface area contributed by atoms with E-state index in [9.17, 15) is 13.2 Å². The maximum absolute atomic E-state index is 11.6. The van der Waals surface area contributed by atoms with E-state index in [1.807, 2.05) is 0 Å². The Balaban J connectivity index is 2.04. The van der Waals surface area contributed by atoms with Crippen molar-refractivity contribution in [1.82, 2.24) is 4.98 Å². The highest BCUT2D eigenvalue weighted by molar-refractivity contribution is 7.92. The van der Waals surface area contributed by atoms with Crippen molar-refractivity contribution in [2.24, 2.45) is 0 Å². The summed E-state index contributed by atoms with van der Waals surface area (Å²) < 4.78 is 25.6. The normalized spacial score (nSPS) is 15.1. The van der Waals surface area contributed by atoms with Gasteiger partial charge in [-0.2, -0.15) is 0 Å². The fraction of sp³-hybridized carbons (Fsp3) is 0.600. The zero-order chi connectivity index (χ0) is 13.2. The molecule has 0 bridgehead atoms. The molecular formula is C10H14N2O4S2. The van der Waals surface area contributed by atoms with Gasteiger partial charge in [0.05, 0.1) is 17.9 Å². The number of carbonyl (C=O) groups is 1. The van der Waals surface area contributed by atoms with Crippen LogP contribution in [0.25, 0.3) is 0 Å². The summed E-state index contributed by atoms with van der Waals surface area (Å²) in [5, 5.41) is 8.82. The van der Waals surface area contributed by atoms with Crippen molar-refractivity contribution in [1.29, 1.82) is 0 Å². The van der Waals surface area contributed by atoms with Gasteiger partial charge in [-0.3, -0.25) is 9.52 Å². The number of aryl methyl sites for hydroxylation is 2. The van der Waals surface area contributed by atoms with Gasteiger partial charge in [-0.1, -0.05) is 0 Å². The topological polar surface area (TPSA) is 96.4 Å². The Kier molecular flexibility index (Phi) is 3.86. The van der Waals surface area contributed by atoms with Crippen LogP contribution in [-0.2, 0) is 27.7 Å². The van der Waals surface area contributed by atoms with E-state index < -0.39 is 28.2 Å². The van der Waals surface area contributed by atoms with Crippen molar-refractivity contribution < 1.29 is 18.3 Å². The van der Waals surface area contributed by atoms with Gasteiger partial charge in [-0.25, -0.2) is 13.4 Å². The van der Waals surface area contributed by atoms with Gasteiger partial charge in [-0.15, -0.1) is 11.3 Å². The fourth-order valence-electron chi connectivity index (χ4n) is 1.80. The molecule has 0 saturated carbocycles. The van der Waals surface area contributed by atoms with Crippen LogP contribution in [0.5, 0.6) is 0 Å². The molecule has 1 heterocycles. The maximum Gasteiger partial charge on any atom is 0.304 e. The van der Waals surface area contributed by atoms with E-state index in [1.54, 1.807) is 0 Å². The quantitative estimate of drug-likeness (QED) is 0.850. The average Bonchev–Trinajstić information content (AvgIpc) is 2.67. The fourth-order valence-corrected chi connectivity index (χ4v) is 4.11. The third-order valence-corrected chi connectivity index (χ3v) is 5.12. The van der Waals surface area contributed by atoms with Crippen LogP contribution in [0.3, 0.4) is 0 Å². The van der Waals surface area contributed by atoms with Gasteiger partial charge in [0.2, 0.25) is 10.0 Å². The van der Waals surface area contributed by atoms with Crippen LogP contribution >= 0.6 is 11.3 Å². The van der Waals surface area contributed by atoms with Crippen LogP contribution in [0, 0.1) is 0 Å². The standard InChI is InChI=1S/C10H14N2O4S2/c13-9(14)5-6-18(15,16)12-10-11-7-3-1-2-4-8(7)17-10/h1-6H2,(H,11,12)(H,13,14). The van der Waals surface area contributed by atoms with Crippen molar-refractivity contribution in [2.45, 2.75) is 32.1 Å². The van der Waals surface area contributed by atoms with E-state index in [0.717, 1.165) is 36.3 Å². The molecule has 0 aliphatic heterocycles. The highest BCUT2D eigenvalue weighted by Gasteiger charge is 2.19. The first-order valence-corrected chi connectivity index (χ1v) is 8.14. The van der Waals surface area contributed by atoms with Crippen molar-refractivity contribution in [3.63, 3.8) is 0 Å². The lowest BCUT2D eigenvalue weighted by molar-refractivity contribution is -0.136. The van der Waals surface area contributed by atoms with Crippen LogP contribution in [0.1, 0.15) is 29.8 Å². The lowest BCUT2D eigenvalue weighted by Gasteiger charge is -2.06. The third-order valence-electron chi connectivity index (χ3n) is 2.67. The number of sulfonamides is 1. The molecule has 8 heteroatoms. The second-order valence-corrected chi connectivity index (χ2v) is 7.09. The molecule has 0 saturated heterocycles. The predicted molar refractivity (Wildman–Crippen MR) is 68.4 cm³/mol. The van der Waals surface area contributed by atoms with Crippen LogP contribution < -0.4 is 4.72 Å². The average molecular weight is 290 g/mol. The van der Waals surface area contributed by atoms with Gasteiger partial charge in [0.1, 0.15) is 0 Å². The molecule has 0 spiro atoms. The monoisotopic (exact) mass is 290 g/mol. The summed E-state index contributed by atoms with van der Waals surface area (Å²) in [4.78, 5) is 15.7. The number of carboxylic acids is 1. The van der Waals surface area contributed by atoms with Gasteiger partial charge >= 0.3 is 5.97 Å². The van der Waals surface area contributed by atoms with Crippen LogP contribution in [0.4, 0.5) is 5.13 Å². The molecule has 0 radical (unpaired) electrons. The molecule has 1 aromatic heterocycles. The van der Waals surface area contributed by atoms with E-state index in [4.69, 9.17) is 5.11 Å². The van der Waals surface area contributed by atoms with Crippen LogP contribution in [0.15, 0.2) is 0 Å².